The first-order valence-corrected chi connectivity index (χ1v) is 8.76. The van der Waals surface area contributed by atoms with Crippen LogP contribution >= 0.6 is 11.3 Å². The number of hydrogen-bond donors (Lipinski definition) is 1. The van der Waals surface area contributed by atoms with Crippen LogP contribution < -0.4 is 10.9 Å². The van der Waals surface area contributed by atoms with Gasteiger partial charge in [-0.1, -0.05) is 67.9 Å². The Hall–Kier alpha value is -2.21. The summed E-state index contributed by atoms with van der Waals surface area (Å²) in [6.45, 7) is 2.20. The second kappa shape index (κ2) is 7.37. The lowest BCUT2D eigenvalue weighted by atomic mass is 10.0. The molecule has 6 heteroatoms. The average molecular weight is 328 g/mol. The molecule has 23 heavy (non-hydrogen) atoms. The lowest BCUT2D eigenvalue weighted by Crippen LogP contribution is -2.14. The Balaban J connectivity index is 1.84. The minimum absolute atomic E-state index is 0.151. The molecule has 1 atom stereocenters. The lowest BCUT2D eigenvalue weighted by Gasteiger charge is -2.18. The highest BCUT2D eigenvalue weighted by Crippen LogP contribution is 2.27. The predicted molar refractivity (Wildman–Crippen MR) is 94.1 cm³/mol. The first kappa shape index (κ1) is 15.7. The Labute approximate surface area is 139 Å². The quantitative estimate of drug-likeness (QED) is 0.669. The van der Waals surface area contributed by atoms with E-state index in [-0.39, 0.29) is 11.6 Å². The smallest absolute Gasteiger partial charge is 0.275 e. The van der Waals surface area contributed by atoms with Gasteiger partial charge in [0.25, 0.3) is 5.56 Å². The Kier molecular flexibility index (Phi) is 5.02. The molecule has 2 heterocycles. The number of nitrogens with one attached hydrogen (secondary N) is 1. The molecule has 120 valence electrons. The number of rotatable bonds is 7. The van der Waals surface area contributed by atoms with Crippen molar-refractivity contribution in [2.24, 2.45) is 0 Å². The van der Waals surface area contributed by atoms with E-state index in [1.165, 1.54) is 46.5 Å². The van der Waals surface area contributed by atoms with Crippen LogP contribution in [0.3, 0.4) is 0 Å². The van der Waals surface area contributed by atoms with Crippen LogP contribution in [-0.4, -0.2) is 14.6 Å². The normalized spacial score (nSPS) is 12.4. The van der Waals surface area contributed by atoms with Gasteiger partial charge in [0.05, 0.1) is 6.04 Å². The van der Waals surface area contributed by atoms with Gasteiger partial charge in [0, 0.05) is 12.3 Å². The van der Waals surface area contributed by atoms with E-state index in [1.54, 1.807) is 0 Å². The van der Waals surface area contributed by atoms with E-state index >= 15 is 0 Å². The zero-order chi connectivity index (χ0) is 16.1. The van der Waals surface area contributed by atoms with Gasteiger partial charge in [0.1, 0.15) is 0 Å². The van der Waals surface area contributed by atoms with Gasteiger partial charge in [-0.3, -0.25) is 4.79 Å². The fourth-order valence-electron chi connectivity index (χ4n) is 2.56. The summed E-state index contributed by atoms with van der Waals surface area (Å²) in [6, 6.07) is 12.0. The Morgan fingerprint density at radius 1 is 1.22 bits per heavy atom. The highest BCUT2D eigenvalue weighted by molar-refractivity contribution is 7.20. The number of unbranched alkanes of at least 4 members (excludes halogenated alkanes) is 2. The predicted octanol–water partition coefficient (Wildman–Crippen LogP) is 3.88. The number of benzene rings is 1. The van der Waals surface area contributed by atoms with Crippen molar-refractivity contribution in [3.05, 3.63) is 58.5 Å². The van der Waals surface area contributed by atoms with Gasteiger partial charge in [0.15, 0.2) is 0 Å². The summed E-state index contributed by atoms with van der Waals surface area (Å²) in [7, 11) is 0. The van der Waals surface area contributed by atoms with Crippen molar-refractivity contribution in [3.8, 4) is 0 Å². The summed E-state index contributed by atoms with van der Waals surface area (Å²) in [5, 5.41) is 8.56. The second-order valence-corrected chi connectivity index (χ2v) is 6.44. The minimum Gasteiger partial charge on any atom is -0.353 e. The van der Waals surface area contributed by atoms with Crippen molar-refractivity contribution >= 4 is 21.4 Å². The van der Waals surface area contributed by atoms with Crippen LogP contribution in [0.4, 0.5) is 5.13 Å². The highest BCUT2D eigenvalue weighted by Gasteiger charge is 2.14. The third-order valence-electron chi connectivity index (χ3n) is 3.77. The van der Waals surface area contributed by atoms with Gasteiger partial charge in [0.2, 0.25) is 10.1 Å². The van der Waals surface area contributed by atoms with Crippen LogP contribution in [0.1, 0.15) is 44.2 Å². The molecule has 0 fully saturated rings. The van der Waals surface area contributed by atoms with Gasteiger partial charge in [-0.2, -0.15) is 4.52 Å². The van der Waals surface area contributed by atoms with Crippen molar-refractivity contribution in [2.75, 3.05) is 5.32 Å². The van der Waals surface area contributed by atoms with Crippen molar-refractivity contribution in [1.82, 2.24) is 14.6 Å². The first-order chi connectivity index (χ1) is 11.3. The van der Waals surface area contributed by atoms with Gasteiger partial charge >= 0.3 is 0 Å². The average Bonchev–Trinajstić information content (AvgIpc) is 2.99. The molecule has 3 rings (SSSR count). The Bertz CT molecular complexity index is 812. The molecule has 0 radical (unpaired) electrons. The van der Waals surface area contributed by atoms with Crippen LogP contribution in [0.5, 0.6) is 0 Å². The van der Waals surface area contributed by atoms with E-state index in [1.807, 2.05) is 18.2 Å². The first-order valence-electron chi connectivity index (χ1n) is 7.94. The van der Waals surface area contributed by atoms with Crippen molar-refractivity contribution in [2.45, 2.75) is 38.6 Å². The van der Waals surface area contributed by atoms with Crippen LogP contribution in [-0.2, 0) is 0 Å². The molecule has 0 aliphatic carbocycles. The van der Waals surface area contributed by atoms with Crippen LogP contribution in [0.2, 0.25) is 0 Å². The van der Waals surface area contributed by atoms with Gasteiger partial charge in [-0.25, -0.2) is 4.98 Å². The zero-order valence-corrected chi connectivity index (χ0v) is 13.9. The van der Waals surface area contributed by atoms with Crippen molar-refractivity contribution in [1.29, 1.82) is 0 Å². The molecule has 5 nitrogen and oxygen atoms in total. The summed E-state index contributed by atoms with van der Waals surface area (Å²) >= 11 is 1.40. The van der Waals surface area contributed by atoms with Gasteiger partial charge < -0.3 is 5.32 Å². The fourth-order valence-corrected chi connectivity index (χ4v) is 3.38. The number of aromatic nitrogens is 3. The summed E-state index contributed by atoms with van der Waals surface area (Å²) < 4.78 is 1.35. The summed E-state index contributed by atoms with van der Waals surface area (Å²) in [5.41, 5.74) is 1.09. The molecular formula is C17H20N4OS. The Morgan fingerprint density at radius 2 is 2.04 bits per heavy atom. The van der Waals surface area contributed by atoms with E-state index < -0.39 is 0 Å². The maximum Gasteiger partial charge on any atom is 0.275 e. The molecule has 0 spiro atoms. The SMILES string of the molecule is CCCCCC(Nc1nn2c(=O)ccnc2s1)c1ccccc1. The van der Waals surface area contributed by atoms with E-state index in [0.29, 0.717) is 4.96 Å². The number of fused-ring (bicyclic) bond motifs is 1. The molecule has 1 aromatic carbocycles. The number of hydrogen-bond acceptors (Lipinski definition) is 5. The molecule has 3 aromatic rings. The molecule has 0 saturated heterocycles. The maximum atomic E-state index is 11.8. The summed E-state index contributed by atoms with van der Waals surface area (Å²) in [4.78, 5) is 16.6. The molecule has 0 aliphatic rings. The monoisotopic (exact) mass is 328 g/mol. The van der Waals surface area contributed by atoms with E-state index in [4.69, 9.17) is 0 Å². The van der Waals surface area contributed by atoms with E-state index in [0.717, 1.165) is 18.0 Å². The van der Waals surface area contributed by atoms with Crippen LogP contribution in [0.15, 0.2) is 47.4 Å². The zero-order valence-electron chi connectivity index (χ0n) is 13.1. The van der Waals surface area contributed by atoms with E-state index in [9.17, 15) is 4.79 Å². The summed E-state index contributed by atoms with van der Waals surface area (Å²) in [6.07, 6.45) is 6.13. The lowest BCUT2D eigenvalue weighted by molar-refractivity contribution is 0.605. The number of anilines is 1. The van der Waals surface area contributed by atoms with Crippen molar-refractivity contribution < 1.29 is 0 Å². The third-order valence-corrected chi connectivity index (χ3v) is 4.62. The summed E-state index contributed by atoms with van der Waals surface area (Å²) in [5.74, 6) is 0. The van der Waals surface area contributed by atoms with Gasteiger partial charge in [-0.15, -0.1) is 5.10 Å². The Morgan fingerprint density at radius 3 is 2.78 bits per heavy atom. The molecule has 0 saturated carbocycles. The highest BCUT2D eigenvalue weighted by atomic mass is 32.1. The standard InChI is InChI=1S/C17H20N4OS/c1-2-3-5-10-14(13-8-6-4-7-9-13)19-16-20-21-15(22)11-12-18-17(21)23-16/h4,6-9,11-12,14H,2-3,5,10H2,1H3,(H,19,20). The third kappa shape index (κ3) is 3.76. The van der Waals surface area contributed by atoms with E-state index in [2.05, 4.69) is 34.5 Å². The minimum atomic E-state index is -0.151. The molecule has 0 bridgehead atoms. The topological polar surface area (TPSA) is 59.3 Å². The number of nitrogens with zero attached hydrogens (tertiary/aromatic N) is 3. The molecule has 1 unspecified atom stereocenters. The van der Waals surface area contributed by atoms with Crippen molar-refractivity contribution in [3.63, 3.8) is 0 Å². The van der Waals surface area contributed by atoms with Gasteiger partial charge in [-0.05, 0) is 12.0 Å². The molecule has 0 aliphatic heterocycles. The van der Waals surface area contributed by atoms with Crippen LogP contribution in [0.25, 0.3) is 4.96 Å². The largest absolute Gasteiger partial charge is 0.353 e. The maximum absolute atomic E-state index is 11.8. The fraction of sp³-hybridized carbons (Fsp3) is 0.353. The second-order valence-electron chi connectivity index (χ2n) is 5.49. The molecular weight excluding hydrogens is 308 g/mol. The molecule has 0 amide bonds. The molecule has 2 aromatic heterocycles. The molecule has 1 N–H and O–H groups in total. The van der Waals surface area contributed by atoms with Crippen LogP contribution in [0, 0.1) is 0 Å².